The van der Waals surface area contributed by atoms with E-state index in [-0.39, 0.29) is 17.6 Å². The van der Waals surface area contributed by atoms with Gasteiger partial charge in [-0.1, -0.05) is 26.0 Å². The minimum absolute atomic E-state index is 0.0549. The zero-order valence-electron chi connectivity index (χ0n) is 10.4. The molecule has 2 nitrogen and oxygen atoms in total. The standard InChI is InChI=1S/C13H13F4NO/c1-8(2)11(7-18)9-3-5-10(6-4-9)19-13(16,17)12(14)15/h3-6,8,11-12H,1-2H3. The number of rotatable bonds is 5. The van der Waals surface area contributed by atoms with E-state index in [1.54, 1.807) is 0 Å². The maximum Gasteiger partial charge on any atom is 0.461 e. The van der Waals surface area contributed by atoms with Gasteiger partial charge in [-0.25, -0.2) is 0 Å². The first-order valence-corrected chi connectivity index (χ1v) is 5.62. The number of nitriles is 1. The molecule has 104 valence electrons. The first kappa shape index (κ1) is 15.3. The van der Waals surface area contributed by atoms with Crippen LogP contribution in [-0.4, -0.2) is 12.5 Å². The molecule has 0 aliphatic rings. The summed E-state index contributed by atoms with van der Waals surface area (Å²) in [6, 6.07) is 7.24. The van der Waals surface area contributed by atoms with Gasteiger partial charge in [-0.15, -0.1) is 0 Å². The van der Waals surface area contributed by atoms with Crippen molar-refractivity contribution in [2.75, 3.05) is 0 Å². The lowest BCUT2D eigenvalue weighted by Gasteiger charge is -2.18. The van der Waals surface area contributed by atoms with Gasteiger partial charge in [0.1, 0.15) is 5.75 Å². The third-order valence-electron chi connectivity index (χ3n) is 2.55. The number of alkyl halides is 4. The van der Waals surface area contributed by atoms with Crippen molar-refractivity contribution in [1.29, 1.82) is 5.26 Å². The summed E-state index contributed by atoms with van der Waals surface area (Å²) in [6.45, 7) is 3.70. The van der Waals surface area contributed by atoms with Gasteiger partial charge < -0.3 is 4.74 Å². The van der Waals surface area contributed by atoms with Gasteiger partial charge in [0.05, 0.1) is 12.0 Å². The van der Waals surface area contributed by atoms with E-state index >= 15 is 0 Å². The second kappa shape index (κ2) is 5.91. The van der Waals surface area contributed by atoms with Crippen molar-refractivity contribution in [2.24, 2.45) is 5.92 Å². The SMILES string of the molecule is CC(C)C(C#N)c1ccc(OC(F)(F)C(F)F)cc1. The molecule has 19 heavy (non-hydrogen) atoms. The van der Waals surface area contributed by atoms with Gasteiger partial charge >= 0.3 is 12.5 Å². The third-order valence-corrected chi connectivity index (χ3v) is 2.55. The molecule has 0 saturated heterocycles. The Hall–Kier alpha value is -1.77. The van der Waals surface area contributed by atoms with E-state index < -0.39 is 12.5 Å². The van der Waals surface area contributed by atoms with Crippen LogP contribution in [0.3, 0.4) is 0 Å². The molecule has 0 N–H and O–H groups in total. The van der Waals surface area contributed by atoms with E-state index in [0.29, 0.717) is 5.56 Å². The van der Waals surface area contributed by atoms with E-state index in [4.69, 9.17) is 5.26 Å². The van der Waals surface area contributed by atoms with Crippen LogP contribution in [0.1, 0.15) is 25.3 Å². The zero-order valence-corrected chi connectivity index (χ0v) is 10.4. The number of nitrogens with zero attached hydrogens (tertiary/aromatic N) is 1. The summed E-state index contributed by atoms with van der Waals surface area (Å²) in [7, 11) is 0. The summed E-state index contributed by atoms with van der Waals surface area (Å²) in [5.41, 5.74) is 0.630. The van der Waals surface area contributed by atoms with Crippen molar-refractivity contribution in [3.05, 3.63) is 29.8 Å². The fourth-order valence-electron chi connectivity index (χ4n) is 1.55. The molecule has 0 aromatic heterocycles. The minimum Gasteiger partial charge on any atom is -0.428 e. The molecule has 1 unspecified atom stereocenters. The van der Waals surface area contributed by atoms with Gasteiger partial charge in [0.2, 0.25) is 0 Å². The van der Waals surface area contributed by atoms with Crippen LogP contribution >= 0.6 is 0 Å². The number of benzene rings is 1. The van der Waals surface area contributed by atoms with Crippen molar-refractivity contribution >= 4 is 0 Å². The molecule has 0 bridgehead atoms. The molecule has 0 amide bonds. The lowest BCUT2D eigenvalue weighted by Crippen LogP contribution is -2.33. The van der Waals surface area contributed by atoms with Gasteiger partial charge in [-0.05, 0) is 23.6 Å². The maximum absolute atomic E-state index is 12.7. The molecule has 0 aliphatic heterocycles. The molecule has 1 atom stereocenters. The van der Waals surface area contributed by atoms with E-state index in [1.807, 2.05) is 13.8 Å². The average molecular weight is 275 g/mol. The fourth-order valence-corrected chi connectivity index (χ4v) is 1.55. The van der Waals surface area contributed by atoms with Gasteiger partial charge in [-0.3, -0.25) is 0 Å². The second-order valence-corrected chi connectivity index (χ2v) is 4.38. The molecular formula is C13H13F4NO. The van der Waals surface area contributed by atoms with Crippen molar-refractivity contribution in [3.63, 3.8) is 0 Å². The van der Waals surface area contributed by atoms with Crippen LogP contribution in [0.2, 0.25) is 0 Å². The number of halogens is 4. The average Bonchev–Trinajstić information content (AvgIpc) is 2.31. The van der Waals surface area contributed by atoms with E-state index in [2.05, 4.69) is 10.8 Å². The Morgan fingerprint density at radius 1 is 1.16 bits per heavy atom. The van der Waals surface area contributed by atoms with Gasteiger partial charge in [0.25, 0.3) is 0 Å². The first-order valence-electron chi connectivity index (χ1n) is 5.62. The first-order chi connectivity index (χ1) is 8.77. The summed E-state index contributed by atoms with van der Waals surface area (Å²) in [5, 5.41) is 8.98. The van der Waals surface area contributed by atoms with Gasteiger partial charge in [0, 0.05) is 0 Å². The van der Waals surface area contributed by atoms with Crippen LogP contribution in [0.5, 0.6) is 5.75 Å². The van der Waals surface area contributed by atoms with Gasteiger partial charge in [0.15, 0.2) is 0 Å². The highest BCUT2D eigenvalue weighted by Crippen LogP contribution is 2.30. The Balaban J connectivity index is 2.86. The Morgan fingerprint density at radius 3 is 2.05 bits per heavy atom. The summed E-state index contributed by atoms with van der Waals surface area (Å²) in [4.78, 5) is 0. The maximum atomic E-state index is 12.7. The highest BCUT2D eigenvalue weighted by atomic mass is 19.3. The molecule has 0 heterocycles. The Morgan fingerprint density at radius 2 is 1.68 bits per heavy atom. The molecule has 6 heteroatoms. The molecule has 1 aromatic rings. The molecular weight excluding hydrogens is 262 g/mol. The molecule has 0 radical (unpaired) electrons. The molecule has 0 saturated carbocycles. The van der Waals surface area contributed by atoms with Crippen molar-refractivity contribution < 1.29 is 22.3 Å². The Bertz CT molecular complexity index is 451. The normalized spacial score (nSPS) is 13.4. The highest BCUT2D eigenvalue weighted by molar-refractivity contribution is 5.32. The molecule has 0 fully saturated rings. The summed E-state index contributed by atoms with van der Waals surface area (Å²) >= 11 is 0. The predicted octanol–water partition coefficient (Wildman–Crippen LogP) is 4.19. The summed E-state index contributed by atoms with van der Waals surface area (Å²) < 4.78 is 53.1. The van der Waals surface area contributed by atoms with Crippen LogP contribution in [-0.2, 0) is 0 Å². The molecule has 0 spiro atoms. The highest BCUT2D eigenvalue weighted by Gasteiger charge is 2.43. The van der Waals surface area contributed by atoms with E-state index in [0.717, 1.165) is 12.1 Å². The third kappa shape index (κ3) is 3.85. The van der Waals surface area contributed by atoms with Gasteiger partial charge in [-0.2, -0.15) is 22.8 Å². The Labute approximate surface area is 108 Å². The second-order valence-electron chi connectivity index (χ2n) is 4.38. The minimum atomic E-state index is -4.52. The predicted molar refractivity (Wildman–Crippen MR) is 61.2 cm³/mol. The number of ether oxygens (including phenoxy) is 1. The topological polar surface area (TPSA) is 33.0 Å². The van der Waals surface area contributed by atoms with E-state index in [9.17, 15) is 17.6 Å². The largest absolute Gasteiger partial charge is 0.461 e. The molecule has 0 aliphatic carbocycles. The number of hydrogen-bond donors (Lipinski definition) is 0. The summed E-state index contributed by atoms with van der Waals surface area (Å²) in [6.07, 6.45) is -8.41. The van der Waals surface area contributed by atoms with Crippen molar-refractivity contribution in [1.82, 2.24) is 0 Å². The van der Waals surface area contributed by atoms with E-state index in [1.165, 1.54) is 12.1 Å². The molecule has 1 aromatic carbocycles. The lowest BCUT2D eigenvalue weighted by molar-refractivity contribution is -0.253. The van der Waals surface area contributed by atoms with Crippen LogP contribution in [0, 0.1) is 17.2 Å². The number of hydrogen-bond acceptors (Lipinski definition) is 2. The Kier molecular flexibility index (Phi) is 4.76. The van der Waals surface area contributed by atoms with Crippen LogP contribution in [0.4, 0.5) is 17.6 Å². The van der Waals surface area contributed by atoms with Crippen LogP contribution in [0.15, 0.2) is 24.3 Å². The fraction of sp³-hybridized carbons (Fsp3) is 0.462. The van der Waals surface area contributed by atoms with Crippen LogP contribution in [0.25, 0.3) is 0 Å². The summed E-state index contributed by atoms with van der Waals surface area (Å²) in [5.74, 6) is -0.696. The van der Waals surface area contributed by atoms with Crippen molar-refractivity contribution in [3.8, 4) is 11.8 Å². The zero-order chi connectivity index (χ0) is 14.6. The van der Waals surface area contributed by atoms with Crippen LogP contribution < -0.4 is 4.74 Å². The lowest BCUT2D eigenvalue weighted by atomic mass is 9.90. The monoisotopic (exact) mass is 275 g/mol. The van der Waals surface area contributed by atoms with Crippen molar-refractivity contribution in [2.45, 2.75) is 32.3 Å². The molecule has 1 rings (SSSR count). The quantitative estimate of drug-likeness (QED) is 0.755. The smallest absolute Gasteiger partial charge is 0.428 e.